The first-order valence-electron chi connectivity index (χ1n) is 9.27. The number of phenols is 1. The summed E-state index contributed by atoms with van der Waals surface area (Å²) in [6.45, 7) is 6.26. The molecule has 0 aliphatic carbocycles. The lowest BCUT2D eigenvalue weighted by Crippen LogP contribution is -2.51. The third-order valence-electron chi connectivity index (χ3n) is 5.00. The maximum absolute atomic E-state index is 13.4. The molecular formula is C20H23N5O2. The molecule has 4 rings (SSSR count). The van der Waals surface area contributed by atoms with Gasteiger partial charge in [0.25, 0.3) is 5.91 Å². The molecule has 1 saturated heterocycles. The van der Waals surface area contributed by atoms with Gasteiger partial charge in [0, 0.05) is 36.9 Å². The van der Waals surface area contributed by atoms with Crippen LogP contribution in [0.2, 0.25) is 0 Å². The Morgan fingerprint density at radius 3 is 2.81 bits per heavy atom. The predicted molar refractivity (Wildman–Crippen MR) is 104 cm³/mol. The lowest BCUT2D eigenvalue weighted by atomic mass is 10.0. The van der Waals surface area contributed by atoms with Crippen LogP contribution in [0.1, 0.15) is 29.9 Å². The number of rotatable bonds is 3. The average molecular weight is 365 g/mol. The number of phenolic OH excluding ortho intramolecular Hbond substituents is 1. The molecule has 3 N–H and O–H groups in total. The number of pyridine rings is 1. The Morgan fingerprint density at radius 1 is 1.33 bits per heavy atom. The highest BCUT2D eigenvalue weighted by atomic mass is 16.3. The fourth-order valence-corrected chi connectivity index (χ4v) is 3.58. The third-order valence-corrected chi connectivity index (χ3v) is 5.00. The van der Waals surface area contributed by atoms with Crippen LogP contribution < -0.4 is 5.32 Å². The number of aryl methyl sites for hydroxylation is 1. The van der Waals surface area contributed by atoms with Crippen molar-refractivity contribution in [1.29, 1.82) is 0 Å². The molecule has 3 heterocycles. The van der Waals surface area contributed by atoms with Gasteiger partial charge in [0.15, 0.2) is 5.65 Å². The van der Waals surface area contributed by atoms with Crippen molar-refractivity contribution in [2.75, 3.05) is 19.6 Å². The van der Waals surface area contributed by atoms with Crippen molar-refractivity contribution in [1.82, 2.24) is 25.4 Å². The number of aromatic nitrogens is 3. The predicted octanol–water partition coefficient (Wildman–Crippen LogP) is 2.33. The number of H-pyrrole nitrogens is 1. The minimum absolute atomic E-state index is 0.00637. The van der Waals surface area contributed by atoms with Crippen molar-refractivity contribution < 1.29 is 9.90 Å². The lowest BCUT2D eigenvalue weighted by Gasteiger charge is -2.32. The maximum atomic E-state index is 13.4. The Kier molecular flexibility index (Phi) is 4.53. The minimum atomic E-state index is 0.00637. The molecule has 2 aromatic heterocycles. The van der Waals surface area contributed by atoms with E-state index >= 15 is 0 Å². The van der Waals surface area contributed by atoms with E-state index in [2.05, 4.69) is 27.4 Å². The van der Waals surface area contributed by atoms with Crippen LogP contribution in [0.25, 0.3) is 22.3 Å². The monoisotopic (exact) mass is 365 g/mol. The molecule has 140 valence electrons. The SMILES string of the molecule is CCc1[nH]nc2nc(-c3ccc(O)cc3)cc(C(=O)N3CCNC(C)C3)c12. The summed E-state index contributed by atoms with van der Waals surface area (Å²) in [7, 11) is 0. The zero-order valence-corrected chi connectivity index (χ0v) is 15.5. The number of aromatic hydroxyl groups is 1. The van der Waals surface area contributed by atoms with Crippen LogP contribution in [-0.2, 0) is 6.42 Å². The Bertz CT molecular complexity index is 980. The second-order valence-corrected chi connectivity index (χ2v) is 6.96. The molecule has 7 heteroatoms. The van der Waals surface area contributed by atoms with Gasteiger partial charge >= 0.3 is 0 Å². The highest BCUT2D eigenvalue weighted by Crippen LogP contribution is 2.28. The first-order chi connectivity index (χ1) is 13.1. The highest BCUT2D eigenvalue weighted by Gasteiger charge is 2.26. The maximum Gasteiger partial charge on any atom is 0.254 e. The van der Waals surface area contributed by atoms with Crippen molar-refractivity contribution in [3.05, 3.63) is 41.6 Å². The number of amides is 1. The van der Waals surface area contributed by atoms with Gasteiger partial charge in [0.05, 0.1) is 16.6 Å². The number of carbonyl (C=O) groups excluding carboxylic acids is 1. The molecule has 7 nitrogen and oxygen atoms in total. The van der Waals surface area contributed by atoms with E-state index in [1.54, 1.807) is 24.3 Å². The Labute approximate surface area is 157 Å². The van der Waals surface area contributed by atoms with E-state index in [1.807, 2.05) is 17.9 Å². The van der Waals surface area contributed by atoms with Crippen LogP contribution in [0, 0.1) is 0 Å². The Morgan fingerprint density at radius 2 is 2.11 bits per heavy atom. The fraction of sp³-hybridized carbons (Fsp3) is 0.350. The van der Waals surface area contributed by atoms with Gasteiger partial charge in [0.2, 0.25) is 0 Å². The van der Waals surface area contributed by atoms with Crippen LogP contribution in [0.4, 0.5) is 0 Å². The molecule has 1 aliphatic rings. The Balaban J connectivity index is 1.84. The van der Waals surface area contributed by atoms with E-state index in [-0.39, 0.29) is 17.7 Å². The number of hydrogen-bond acceptors (Lipinski definition) is 5. The number of nitrogens with zero attached hydrogens (tertiary/aromatic N) is 3. The van der Waals surface area contributed by atoms with Gasteiger partial charge in [-0.05, 0) is 43.7 Å². The van der Waals surface area contributed by atoms with Gasteiger partial charge in [-0.3, -0.25) is 9.89 Å². The molecule has 1 atom stereocenters. The quantitative estimate of drug-likeness (QED) is 0.662. The molecule has 1 unspecified atom stereocenters. The standard InChI is InChI=1S/C20H23N5O2/c1-3-16-18-15(20(27)25-9-8-21-12(2)11-25)10-17(22-19(18)24-23-16)13-4-6-14(26)7-5-13/h4-7,10,12,21,26H,3,8-9,11H2,1-2H3,(H,22,23,24). The summed E-state index contributed by atoms with van der Waals surface area (Å²) in [5, 5.41) is 21.1. The topological polar surface area (TPSA) is 94.1 Å². The highest BCUT2D eigenvalue weighted by molar-refractivity contribution is 6.07. The smallest absolute Gasteiger partial charge is 0.254 e. The largest absolute Gasteiger partial charge is 0.508 e. The normalized spacial score (nSPS) is 17.4. The minimum Gasteiger partial charge on any atom is -0.508 e. The molecular weight excluding hydrogens is 342 g/mol. The molecule has 0 saturated carbocycles. The van der Waals surface area contributed by atoms with Crippen molar-refractivity contribution in [2.24, 2.45) is 0 Å². The van der Waals surface area contributed by atoms with Gasteiger partial charge in [-0.2, -0.15) is 5.10 Å². The van der Waals surface area contributed by atoms with Gasteiger partial charge in [-0.25, -0.2) is 4.98 Å². The summed E-state index contributed by atoms with van der Waals surface area (Å²) in [5.41, 5.74) is 3.59. The third kappa shape index (κ3) is 3.26. The first-order valence-corrected chi connectivity index (χ1v) is 9.27. The lowest BCUT2D eigenvalue weighted by molar-refractivity contribution is 0.0711. The van der Waals surface area contributed by atoms with Gasteiger partial charge in [-0.1, -0.05) is 6.92 Å². The van der Waals surface area contributed by atoms with E-state index in [0.717, 1.165) is 29.6 Å². The molecule has 27 heavy (non-hydrogen) atoms. The number of fused-ring (bicyclic) bond motifs is 1. The summed E-state index contributed by atoms with van der Waals surface area (Å²) < 4.78 is 0. The van der Waals surface area contributed by atoms with Crippen LogP contribution in [-0.4, -0.2) is 56.8 Å². The van der Waals surface area contributed by atoms with Crippen LogP contribution in [0.5, 0.6) is 5.75 Å². The molecule has 0 radical (unpaired) electrons. The second-order valence-electron chi connectivity index (χ2n) is 6.96. The van der Waals surface area contributed by atoms with E-state index < -0.39 is 0 Å². The van der Waals surface area contributed by atoms with Gasteiger partial charge in [0.1, 0.15) is 5.75 Å². The molecule has 1 aromatic carbocycles. The van der Waals surface area contributed by atoms with Crippen LogP contribution >= 0.6 is 0 Å². The number of aromatic amines is 1. The molecule has 1 aliphatic heterocycles. The van der Waals surface area contributed by atoms with E-state index in [4.69, 9.17) is 0 Å². The van der Waals surface area contributed by atoms with E-state index in [0.29, 0.717) is 30.0 Å². The number of benzene rings is 1. The number of hydrogen-bond donors (Lipinski definition) is 3. The Hall–Kier alpha value is -2.93. The van der Waals surface area contributed by atoms with Crippen molar-refractivity contribution >= 4 is 16.9 Å². The summed E-state index contributed by atoms with van der Waals surface area (Å²) in [5.74, 6) is 0.200. The summed E-state index contributed by atoms with van der Waals surface area (Å²) in [4.78, 5) is 19.9. The second kappa shape index (κ2) is 7.00. The van der Waals surface area contributed by atoms with Crippen LogP contribution in [0.3, 0.4) is 0 Å². The van der Waals surface area contributed by atoms with Crippen molar-refractivity contribution in [3.8, 4) is 17.0 Å². The molecule has 3 aromatic rings. The zero-order chi connectivity index (χ0) is 19.0. The molecule has 0 bridgehead atoms. The van der Waals surface area contributed by atoms with Crippen LogP contribution in [0.15, 0.2) is 30.3 Å². The zero-order valence-electron chi connectivity index (χ0n) is 15.5. The number of piperazine rings is 1. The van der Waals surface area contributed by atoms with Crippen molar-refractivity contribution in [3.63, 3.8) is 0 Å². The first kappa shape index (κ1) is 17.5. The van der Waals surface area contributed by atoms with Crippen molar-refractivity contribution in [2.45, 2.75) is 26.3 Å². The summed E-state index contributed by atoms with van der Waals surface area (Å²) >= 11 is 0. The fourth-order valence-electron chi connectivity index (χ4n) is 3.58. The number of nitrogens with one attached hydrogen (secondary N) is 2. The van der Waals surface area contributed by atoms with E-state index in [9.17, 15) is 9.90 Å². The summed E-state index contributed by atoms with van der Waals surface area (Å²) in [6, 6.07) is 8.92. The molecule has 1 fully saturated rings. The van der Waals surface area contributed by atoms with Gasteiger partial charge in [-0.15, -0.1) is 0 Å². The van der Waals surface area contributed by atoms with Gasteiger partial charge < -0.3 is 15.3 Å². The molecule has 0 spiro atoms. The molecule has 1 amide bonds. The number of carbonyl (C=O) groups is 1. The average Bonchev–Trinajstić information content (AvgIpc) is 3.10. The van der Waals surface area contributed by atoms with E-state index in [1.165, 1.54) is 0 Å². The summed E-state index contributed by atoms with van der Waals surface area (Å²) in [6.07, 6.45) is 0.745.